The van der Waals surface area contributed by atoms with E-state index in [0.717, 1.165) is 25.9 Å². The quantitative estimate of drug-likeness (QED) is 0.547. The zero-order valence-electron chi connectivity index (χ0n) is 9.24. The first-order chi connectivity index (χ1) is 7.29. The third-order valence-electron chi connectivity index (χ3n) is 2.60. The molecule has 1 fully saturated rings. The number of aliphatic hydroxyl groups excluding tert-OH is 1. The minimum absolute atomic E-state index is 0.00311. The molecule has 2 N–H and O–H groups in total. The summed E-state index contributed by atoms with van der Waals surface area (Å²) in [6.45, 7) is 2.64. The molecular weight excluding hydrogens is 196 g/mol. The van der Waals surface area contributed by atoms with Crippen molar-refractivity contribution in [1.82, 2.24) is 10.2 Å². The van der Waals surface area contributed by atoms with E-state index in [4.69, 9.17) is 9.84 Å². The Bertz CT molecular complexity index is 199. The second kappa shape index (κ2) is 6.76. The Morgan fingerprint density at radius 1 is 1.60 bits per heavy atom. The smallest absolute Gasteiger partial charge is 0.239 e. The molecule has 0 spiro atoms. The number of aliphatic hydroxyl groups is 1. The van der Waals surface area contributed by atoms with Crippen LogP contribution in [0.15, 0.2) is 0 Å². The molecule has 0 bridgehead atoms. The number of carbonyl (C=O) groups excluding carboxylic acids is 1. The molecule has 5 nitrogen and oxygen atoms in total. The van der Waals surface area contributed by atoms with Crippen LogP contribution in [0.25, 0.3) is 0 Å². The fraction of sp³-hybridized carbons (Fsp3) is 0.900. The number of nitrogens with one attached hydrogen (secondary N) is 1. The Balaban J connectivity index is 2.09. The number of likely N-dealkylation sites (N-methyl/N-ethyl adjacent to an activating group) is 1. The molecule has 0 saturated carbocycles. The summed E-state index contributed by atoms with van der Waals surface area (Å²) in [6.07, 6.45) is 1.73. The molecule has 1 aliphatic heterocycles. The van der Waals surface area contributed by atoms with E-state index in [9.17, 15) is 4.79 Å². The van der Waals surface area contributed by atoms with E-state index in [1.807, 2.05) is 11.9 Å². The van der Waals surface area contributed by atoms with Crippen molar-refractivity contribution >= 4 is 5.91 Å². The molecule has 0 aromatic rings. The molecule has 5 heteroatoms. The number of hydrogen-bond acceptors (Lipinski definition) is 4. The highest BCUT2D eigenvalue weighted by Crippen LogP contribution is 2.10. The van der Waals surface area contributed by atoms with E-state index < -0.39 is 0 Å². The largest absolute Gasteiger partial charge is 0.394 e. The van der Waals surface area contributed by atoms with Crippen molar-refractivity contribution in [2.24, 2.45) is 0 Å². The van der Waals surface area contributed by atoms with Crippen LogP contribution in [0, 0.1) is 0 Å². The van der Waals surface area contributed by atoms with Gasteiger partial charge in [0, 0.05) is 19.7 Å². The van der Waals surface area contributed by atoms with Gasteiger partial charge in [0.15, 0.2) is 0 Å². The average Bonchev–Trinajstić information content (AvgIpc) is 2.60. The van der Waals surface area contributed by atoms with E-state index in [1.165, 1.54) is 0 Å². The maximum atomic E-state index is 11.6. The zero-order valence-corrected chi connectivity index (χ0v) is 9.24. The monoisotopic (exact) mass is 216 g/mol. The van der Waals surface area contributed by atoms with Crippen molar-refractivity contribution in [2.75, 3.05) is 40.0 Å². The Morgan fingerprint density at radius 3 is 3.00 bits per heavy atom. The predicted octanol–water partition coefficient (Wildman–Crippen LogP) is -0.794. The number of likely N-dealkylation sites (tertiary alicyclic amines) is 1. The Kier molecular flexibility index (Phi) is 5.60. The second-order valence-corrected chi connectivity index (χ2v) is 3.64. The van der Waals surface area contributed by atoms with E-state index in [1.54, 1.807) is 0 Å². The maximum absolute atomic E-state index is 11.6. The van der Waals surface area contributed by atoms with Gasteiger partial charge in [-0.25, -0.2) is 0 Å². The number of rotatable bonds is 7. The summed E-state index contributed by atoms with van der Waals surface area (Å²) in [6, 6.07) is 0.00311. The van der Waals surface area contributed by atoms with Gasteiger partial charge < -0.3 is 20.1 Å². The first kappa shape index (κ1) is 12.4. The predicted molar refractivity (Wildman–Crippen MR) is 56.6 cm³/mol. The molecule has 0 aromatic heterocycles. The van der Waals surface area contributed by atoms with Gasteiger partial charge in [-0.05, 0) is 19.9 Å². The van der Waals surface area contributed by atoms with Crippen molar-refractivity contribution < 1.29 is 14.6 Å². The summed E-state index contributed by atoms with van der Waals surface area (Å²) in [5.74, 6) is 0.194. The molecule has 15 heavy (non-hydrogen) atoms. The van der Waals surface area contributed by atoms with Crippen LogP contribution in [-0.4, -0.2) is 61.9 Å². The van der Waals surface area contributed by atoms with Crippen LogP contribution in [0.2, 0.25) is 0 Å². The van der Waals surface area contributed by atoms with Crippen molar-refractivity contribution in [1.29, 1.82) is 0 Å². The topological polar surface area (TPSA) is 61.8 Å². The molecule has 1 aliphatic rings. The molecule has 0 radical (unpaired) electrons. The van der Waals surface area contributed by atoms with Crippen LogP contribution in [0.5, 0.6) is 0 Å². The fourth-order valence-electron chi connectivity index (χ4n) is 1.75. The molecule has 1 heterocycles. The van der Waals surface area contributed by atoms with E-state index in [-0.39, 0.29) is 18.6 Å². The van der Waals surface area contributed by atoms with E-state index >= 15 is 0 Å². The lowest BCUT2D eigenvalue weighted by molar-refractivity contribution is -0.129. The molecule has 1 unspecified atom stereocenters. The molecule has 0 aliphatic carbocycles. The lowest BCUT2D eigenvalue weighted by Gasteiger charge is -2.16. The van der Waals surface area contributed by atoms with Crippen LogP contribution in [-0.2, 0) is 9.53 Å². The van der Waals surface area contributed by atoms with Gasteiger partial charge >= 0.3 is 0 Å². The highest BCUT2D eigenvalue weighted by atomic mass is 16.5. The Morgan fingerprint density at radius 2 is 2.40 bits per heavy atom. The van der Waals surface area contributed by atoms with Crippen LogP contribution in [0.3, 0.4) is 0 Å². The summed E-state index contributed by atoms with van der Waals surface area (Å²) >= 11 is 0. The van der Waals surface area contributed by atoms with Gasteiger partial charge in [-0.15, -0.1) is 0 Å². The zero-order chi connectivity index (χ0) is 11.1. The molecule has 88 valence electrons. The SMILES string of the molecule is CNC1CCN(CCCOCCO)C1=O. The lowest BCUT2D eigenvalue weighted by atomic mass is 10.3. The van der Waals surface area contributed by atoms with Gasteiger partial charge in [0.1, 0.15) is 0 Å². The Labute approximate surface area is 90.4 Å². The molecular formula is C10H20N2O3. The van der Waals surface area contributed by atoms with Gasteiger partial charge in [-0.2, -0.15) is 0 Å². The summed E-state index contributed by atoms with van der Waals surface area (Å²) in [5.41, 5.74) is 0. The summed E-state index contributed by atoms with van der Waals surface area (Å²) < 4.78 is 5.13. The van der Waals surface area contributed by atoms with Crippen molar-refractivity contribution in [2.45, 2.75) is 18.9 Å². The number of amides is 1. The van der Waals surface area contributed by atoms with Crippen LogP contribution in [0.1, 0.15) is 12.8 Å². The summed E-state index contributed by atoms with van der Waals surface area (Å²) in [5, 5.41) is 11.5. The minimum atomic E-state index is 0.00311. The molecule has 1 rings (SSSR count). The third-order valence-corrected chi connectivity index (χ3v) is 2.60. The van der Waals surface area contributed by atoms with Crippen molar-refractivity contribution in [3.8, 4) is 0 Å². The fourth-order valence-corrected chi connectivity index (χ4v) is 1.75. The number of ether oxygens (including phenoxy) is 1. The third kappa shape index (κ3) is 3.77. The highest BCUT2D eigenvalue weighted by molar-refractivity contribution is 5.83. The van der Waals surface area contributed by atoms with Crippen LogP contribution < -0.4 is 5.32 Å². The highest BCUT2D eigenvalue weighted by Gasteiger charge is 2.29. The van der Waals surface area contributed by atoms with Gasteiger partial charge in [0.05, 0.1) is 19.3 Å². The number of hydrogen-bond donors (Lipinski definition) is 2. The summed E-state index contributed by atoms with van der Waals surface area (Å²) in [4.78, 5) is 13.5. The maximum Gasteiger partial charge on any atom is 0.239 e. The first-order valence-corrected chi connectivity index (χ1v) is 5.44. The first-order valence-electron chi connectivity index (χ1n) is 5.44. The van der Waals surface area contributed by atoms with Gasteiger partial charge in [-0.3, -0.25) is 4.79 Å². The molecule has 0 aromatic carbocycles. The van der Waals surface area contributed by atoms with Gasteiger partial charge in [0.25, 0.3) is 0 Å². The van der Waals surface area contributed by atoms with Crippen LogP contribution in [0.4, 0.5) is 0 Å². The summed E-state index contributed by atoms with van der Waals surface area (Å²) in [7, 11) is 1.82. The normalized spacial score (nSPS) is 21.3. The molecule has 1 saturated heterocycles. The van der Waals surface area contributed by atoms with E-state index in [0.29, 0.717) is 13.2 Å². The minimum Gasteiger partial charge on any atom is -0.394 e. The lowest BCUT2D eigenvalue weighted by Crippen LogP contribution is -2.36. The van der Waals surface area contributed by atoms with Crippen LogP contribution >= 0.6 is 0 Å². The second-order valence-electron chi connectivity index (χ2n) is 3.64. The van der Waals surface area contributed by atoms with Crippen molar-refractivity contribution in [3.05, 3.63) is 0 Å². The van der Waals surface area contributed by atoms with Gasteiger partial charge in [0.2, 0.25) is 5.91 Å². The number of nitrogens with zero attached hydrogens (tertiary/aromatic N) is 1. The average molecular weight is 216 g/mol. The van der Waals surface area contributed by atoms with Crippen molar-refractivity contribution in [3.63, 3.8) is 0 Å². The Hall–Kier alpha value is -0.650. The van der Waals surface area contributed by atoms with E-state index in [2.05, 4.69) is 5.32 Å². The standard InChI is InChI=1S/C10H20N2O3/c1-11-9-3-5-12(10(9)14)4-2-7-15-8-6-13/h9,11,13H,2-8H2,1H3. The molecule has 1 atom stereocenters. The number of carbonyl (C=O) groups is 1. The van der Waals surface area contributed by atoms with Gasteiger partial charge in [-0.1, -0.05) is 0 Å². The molecule has 1 amide bonds.